The van der Waals surface area contributed by atoms with E-state index in [1.807, 2.05) is 30.3 Å². The molecule has 8 nitrogen and oxygen atoms in total. The number of hydrogen-bond donors (Lipinski definition) is 2. The quantitative estimate of drug-likeness (QED) is 0.775. The SMILES string of the molecule is O=C(O)CC1(NC(=O)CCc2nnc(-c3ccccc3)o2)CCOCC1. The lowest BCUT2D eigenvalue weighted by Crippen LogP contribution is -2.53. The third-order valence-corrected chi connectivity index (χ3v) is 4.40. The molecular weight excluding hydrogens is 338 g/mol. The number of aryl methyl sites for hydroxylation is 1. The fraction of sp³-hybridized carbons (Fsp3) is 0.444. The molecule has 0 spiro atoms. The molecule has 3 rings (SSSR count). The third-order valence-electron chi connectivity index (χ3n) is 4.40. The number of carboxylic acid groups (broad SMARTS) is 1. The Morgan fingerprint density at radius 3 is 2.58 bits per heavy atom. The second-order valence-corrected chi connectivity index (χ2v) is 6.38. The van der Waals surface area contributed by atoms with Crippen molar-refractivity contribution in [3.05, 3.63) is 36.2 Å². The maximum atomic E-state index is 12.3. The number of nitrogens with one attached hydrogen (secondary N) is 1. The zero-order valence-corrected chi connectivity index (χ0v) is 14.3. The second-order valence-electron chi connectivity index (χ2n) is 6.38. The molecule has 1 aliphatic rings. The van der Waals surface area contributed by atoms with E-state index >= 15 is 0 Å². The van der Waals surface area contributed by atoms with Crippen molar-refractivity contribution in [2.75, 3.05) is 13.2 Å². The maximum Gasteiger partial charge on any atom is 0.305 e. The Labute approximate surface area is 150 Å². The van der Waals surface area contributed by atoms with Crippen molar-refractivity contribution in [1.82, 2.24) is 15.5 Å². The fourth-order valence-corrected chi connectivity index (χ4v) is 3.03. The first kappa shape index (κ1) is 18.1. The minimum absolute atomic E-state index is 0.110. The zero-order valence-electron chi connectivity index (χ0n) is 14.3. The molecule has 1 aromatic heterocycles. The highest BCUT2D eigenvalue weighted by atomic mass is 16.5. The van der Waals surface area contributed by atoms with E-state index in [0.29, 0.717) is 44.3 Å². The van der Waals surface area contributed by atoms with Gasteiger partial charge in [-0.25, -0.2) is 0 Å². The van der Waals surface area contributed by atoms with Crippen LogP contribution in [0, 0.1) is 0 Å². The third kappa shape index (κ3) is 4.66. The van der Waals surface area contributed by atoms with Crippen LogP contribution in [0.25, 0.3) is 11.5 Å². The molecule has 0 radical (unpaired) electrons. The average molecular weight is 359 g/mol. The Balaban J connectivity index is 1.56. The lowest BCUT2D eigenvalue weighted by atomic mass is 9.86. The first-order chi connectivity index (χ1) is 12.6. The predicted molar refractivity (Wildman–Crippen MR) is 91.2 cm³/mol. The highest BCUT2D eigenvalue weighted by Gasteiger charge is 2.36. The molecule has 0 bridgehead atoms. The number of hydrogen-bond acceptors (Lipinski definition) is 6. The molecule has 1 aliphatic heterocycles. The van der Waals surface area contributed by atoms with Crippen molar-refractivity contribution in [3.63, 3.8) is 0 Å². The van der Waals surface area contributed by atoms with Crippen molar-refractivity contribution < 1.29 is 23.8 Å². The molecule has 26 heavy (non-hydrogen) atoms. The summed E-state index contributed by atoms with van der Waals surface area (Å²) in [5, 5.41) is 20.0. The molecule has 138 valence electrons. The Kier molecular flexibility index (Phi) is 5.62. The average Bonchev–Trinajstić information content (AvgIpc) is 3.10. The Morgan fingerprint density at radius 1 is 1.15 bits per heavy atom. The van der Waals surface area contributed by atoms with E-state index in [4.69, 9.17) is 14.3 Å². The number of rotatable bonds is 7. The molecule has 1 aromatic carbocycles. The lowest BCUT2D eigenvalue weighted by Gasteiger charge is -2.36. The summed E-state index contributed by atoms with van der Waals surface area (Å²) in [5.74, 6) is -0.379. The largest absolute Gasteiger partial charge is 0.481 e. The van der Waals surface area contributed by atoms with E-state index in [-0.39, 0.29) is 18.7 Å². The van der Waals surface area contributed by atoms with Gasteiger partial charge < -0.3 is 19.6 Å². The van der Waals surface area contributed by atoms with Gasteiger partial charge in [0.15, 0.2) is 0 Å². The monoisotopic (exact) mass is 359 g/mol. The van der Waals surface area contributed by atoms with Crippen LogP contribution in [-0.4, -0.2) is 45.9 Å². The number of carbonyl (C=O) groups excluding carboxylic acids is 1. The van der Waals surface area contributed by atoms with Gasteiger partial charge in [0.1, 0.15) is 0 Å². The molecule has 1 saturated heterocycles. The van der Waals surface area contributed by atoms with Crippen LogP contribution in [0.3, 0.4) is 0 Å². The molecule has 0 aliphatic carbocycles. The number of aliphatic carboxylic acids is 1. The summed E-state index contributed by atoms with van der Waals surface area (Å²) in [6, 6.07) is 9.38. The van der Waals surface area contributed by atoms with Crippen LogP contribution in [0.5, 0.6) is 0 Å². The van der Waals surface area contributed by atoms with Gasteiger partial charge in [0.2, 0.25) is 17.7 Å². The summed E-state index contributed by atoms with van der Waals surface area (Å²) >= 11 is 0. The fourth-order valence-electron chi connectivity index (χ4n) is 3.03. The maximum absolute atomic E-state index is 12.3. The summed E-state index contributed by atoms with van der Waals surface area (Å²) in [5.41, 5.74) is 0.0731. The van der Waals surface area contributed by atoms with Crippen LogP contribution in [-0.2, 0) is 20.7 Å². The first-order valence-corrected chi connectivity index (χ1v) is 8.55. The van der Waals surface area contributed by atoms with E-state index < -0.39 is 11.5 Å². The number of carbonyl (C=O) groups is 2. The van der Waals surface area contributed by atoms with Crippen molar-refractivity contribution in [2.45, 2.75) is 37.6 Å². The van der Waals surface area contributed by atoms with Crippen LogP contribution in [0.1, 0.15) is 31.6 Å². The van der Waals surface area contributed by atoms with Gasteiger partial charge in [-0.3, -0.25) is 9.59 Å². The summed E-state index contributed by atoms with van der Waals surface area (Å²) in [6.07, 6.45) is 1.32. The Hall–Kier alpha value is -2.74. The van der Waals surface area contributed by atoms with Gasteiger partial charge in [-0.1, -0.05) is 18.2 Å². The molecule has 2 heterocycles. The molecule has 0 saturated carbocycles. The van der Waals surface area contributed by atoms with Gasteiger partial charge in [-0.15, -0.1) is 10.2 Å². The van der Waals surface area contributed by atoms with Gasteiger partial charge in [-0.2, -0.15) is 0 Å². The predicted octanol–water partition coefficient (Wildman–Crippen LogP) is 1.81. The number of aromatic nitrogens is 2. The van der Waals surface area contributed by atoms with Crippen LogP contribution < -0.4 is 5.32 Å². The van der Waals surface area contributed by atoms with Crippen LogP contribution in [0.4, 0.5) is 0 Å². The van der Waals surface area contributed by atoms with Gasteiger partial charge >= 0.3 is 5.97 Å². The number of nitrogens with zero attached hydrogens (tertiary/aromatic N) is 2. The number of benzene rings is 1. The summed E-state index contributed by atoms with van der Waals surface area (Å²) < 4.78 is 10.9. The minimum atomic E-state index is -0.934. The molecule has 0 unspecified atom stereocenters. The van der Waals surface area contributed by atoms with Crippen LogP contribution in [0.15, 0.2) is 34.7 Å². The smallest absolute Gasteiger partial charge is 0.305 e. The first-order valence-electron chi connectivity index (χ1n) is 8.55. The van der Waals surface area contributed by atoms with Gasteiger partial charge in [0.05, 0.1) is 12.0 Å². The van der Waals surface area contributed by atoms with Gasteiger partial charge in [0, 0.05) is 31.6 Å². The Bertz CT molecular complexity index is 753. The topological polar surface area (TPSA) is 115 Å². The van der Waals surface area contributed by atoms with Crippen molar-refractivity contribution in [3.8, 4) is 11.5 Å². The van der Waals surface area contributed by atoms with E-state index in [9.17, 15) is 9.59 Å². The number of ether oxygens (including phenoxy) is 1. The number of carboxylic acids is 1. The summed E-state index contributed by atoms with van der Waals surface area (Å²) in [4.78, 5) is 23.5. The molecule has 8 heteroatoms. The number of amides is 1. The second kappa shape index (κ2) is 8.09. The molecule has 2 aromatic rings. The van der Waals surface area contributed by atoms with Gasteiger partial charge in [-0.05, 0) is 25.0 Å². The minimum Gasteiger partial charge on any atom is -0.481 e. The highest BCUT2D eigenvalue weighted by molar-refractivity contribution is 5.78. The van der Waals surface area contributed by atoms with Crippen molar-refractivity contribution in [2.24, 2.45) is 0 Å². The van der Waals surface area contributed by atoms with E-state index in [1.54, 1.807) is 0 Å². The Morgan fingerprint density at radius 2 is 1.88 bits per heavy atom. The van der Waals surface area contributed by atoms with Crippen LogP contribution >= 0.6 is 0 Å². The van der Waals surface area contributed by atoms with E-state index in [2.05, 4.69) is 15.5 Å². The van der Waals surface area contributed by atoms with E-state index in [0.717, 1.165) is 5.56 Å². The van der Waals surface area contributed by atoms with Crippen LogP contribution in [0.2, 0.25) is 0 Å². The van der Waals surface area contributed by atoms with Crippen molar-refractivity contribution in [1.29, 1.82) is 0 Å². The summed E-state index contributed by atoms with van der Waals surface area (Å²) in [6.45, 7) is 0.884. The molecule has 1 fully saturated rings. The molecule has 1 amide bonds. The normalized spacial score (nSPS) is 16.2. The summed E-state index contributed by atoms with van der Waals surface area (Å²) in [7, 11) is 0. The highest BCUT2D eigenvalue weighted by Crippen LogP contribution is 2.25. The standard InChI is InChI=1S/C18H21N3O5/c22-14(19-18(12-16(23)24)8-10-25-11-9-18)6-7-15-20-21-17(26-15)13-4-2-1-3-5-13/h1-5H,6-12H2,(H,19,22)(H,23,24). The van der Waals surface area contributed by atoms with Gasteiger partial charge in [0.25, 0.3) is 0 Å². The van der Waals surface area contributed by atoms with Crippen molar-refractivity contribution >= 4 is 11.9 Å². The molecular formula is C18H21N3O5. The molecule has 2 N–H and O–H groups in total. The zero-order chi connectivity index (χ0) is 18.4. The molecule has 0 atom stereocenters. The lowest BCUT2D eigenvalue weighted by molar-refractivity contribution is -0.140. The van der Waals surface area contributed by atoms with E-state index in [1.165, 1.54) is 0 Å².